The zero-order valence-electron chi connectivity index (χ0n) is 14.1. The number of fused-ring (bicyclic) bond motifs is 3. The molecule has 0 spiro atoms. The van der Waals surface area contributed by atoms with Crippen molar-refractivity contribution in [2.45, 2.75) is 44.8 Å². The zero-order chi connectivity index (χ0) is 18.0. The van der Waals surface area contributed by atoms with E-state index in [0.29, 0.717) is 5.69 Å². The molecule has 1 unspecified atom stereocenters. The van der Waals surface area contributed by atoms with E-state index in [1.54, 1.807) is 12.1 Å². The molecule has 0 fully saturated rings. The lowest BCUT2D eigenvalue weighted by atomic mass is 10.1. The summed E-state index contributed by atoms with van der Waals surface area (Å²) < 4.78 is 2.23. The first kappa shape index (κ1) is 17.2. The van der Waals surface area contributed by atoms with E-state index in [9.17, 15) is 14.7 Å². The Bertz CT molecular complexity index is 812. The number of benzene rings is 1. The summed E-state index contributed by atoms with van der Waals surface area (Å²) in [6.45, 7) is 1.69. The number of hydrogen-bond acceptors (Lipinski definition) is 4. The molecule has 8 heteroatoms. The van der Waals surface area contributed by atoms with Gasteiger partial charge in [-0.3, -0.25) is 0 Å². The first-order chi connectivity index (χ1) is 11.9. The molecule has 1 aromatic carbocycles. The van der Waals surface area contributed by atoms with Crippen LogP contribution in [0.3, 0.4) is 0 Å². The molecule has 25 heavy (non-hydrogen) atoms. The smallest absolute Gasteiger partial charge is 0.337 e. The van der Waals surface area contributed by atoms with Crippen LogP contribution in [0.4, 0.5) is 10.5 Å². The van der Waals surface area contributed by atoms with Crippen molar-refractivity contribution >= 4 is 28.7 Å². The van der Waals surface area contributed by atoms with Gasteiger partial charge in [-0.05, 0) is 38.0 Å². The van der Waals surface area contributed by atoms with Crippen LogP contribution in [0.25, 0.3) is 11.0 Å². The Morgan fingerprint density at radius 3 is 2.88 bits per heavy atom. The number of anilines is 1. The molecule has 2 amide bonds. The number of aryl methyl sites for hydroxylation is 2. The molecule has 1 atom stereocenters. The molecule has 8 nitrogen and oxygen atoms in total. The third kappa shape index (κ3) is 3.74. The van der Waals surface area contributed by atoms with Crippen molar-refractivity contribution in [3.63, 3.8) is 0 Å². The number of nitrogens with zero attached hydrogens (tertiary/aromatic N) is 2. The van der Waals surface area contributed by atoms with Crippen LogP contribution in [0, 0.1) is 0 Å². The van der Waals surface area contributed by atoms with Gasteiger partial charge in [0, 0.05) is 18.7 Å². The maximum absolute atomic E-state index is 11.9. The Hall–Kier alpha value is -2.61. The summed E-state index contributed by atoms with van der Waals surface area (Å²) in [4.78, 5) is 27.4. The number of aliphatic hydroxyl groups is 1. The number of carbonyl (C=O) groups is 2. The van der Waals surface area contributed by atoms with Crippen molar-refractivity contribution in [2.75, 3.05) is 11.9 Å². The fraction of sp³-hybridized carbons (Fsp3) is 0.471. The molecule has 2 heterocycles. The van der Waals surface area contributed by atoms with E-state index in [1.165, 1.54) is 6.42 Å². The summed E-state index contributed by atoms with van der Waals surface area (Å²) in [6.07, 6.45) is 4.46. The second kappa shape index (κ2) is 6.72. The number of amides is 2. The normalized spacial score (nSPS) is 16.6. The lowest BCUT2D eigenvalue weighted by molar-refractivity contribution is -0.155. The Morgan fingerprint density at radius 1 is 1.32 bits per heavy atom. The molecule has 0 bridgehead atoms. The highest BCUT2D eigenvalue weighted by atomic mass is 16.4. The molecular weight excluding hydrogens is 324 g/mol. The largest absolute Gasteiger partial charge is 0.479 e. The number of rotatable bonds is 4. The van der Waals surface area contributed by atoms with Crippen molar-refractivity contribution < 1.29 is 19.8 Å². The highest BCUT2D eigenvalue weighted by Crippen LogP contribution is 2.24. The number of carbonyl (C=O) groups excluding carboxylic acids is 1. The molecule has 0 saturated heterocycles. The van der Waals surface area contributed by atoms with Crippen molar-refractivity contribution in [1.82, 2.24) is 14.9 Å². The molecule has 0 aliphatic carbocycles. The standard InChI is InChI=1S/C17H22N4O4/c1-17(25,15(22)23)10-18-16(24)19-11-6-7-13-12(9-11)20-14-5-3-2-4-8-21(13)14/h6-7,9,25H,2-5,8,10H2,1H3,(H,22,23)(H2,18,19,24). The topological polar surface area (TPSA) is 116 Å². The van der Waals surface area contributed by atoms with Gasteiger partial charge in [-0.1, -0.05) is 6.42 Å². The molecule has 1 aromatic heterocycles. The van der Waals surface area contributed by atoms with Gasteiger partial charge in [-0.2, -0.15) is 0 Å². The third-order valence-electron chi connectivity index (χ3n) is 4.42. The van der Waals surface area contributed by atoms with Gasteiger partial charge in [0.1, 0.15) is 5.82 Å². The number of carboxylic acids is 1. The highest BCUT2D eigenvalue weighted by molar-refractivity contribution is 5.92. The molecular formula is C17H22N4O4. The quantitative estimate of drug-likeness (QED) is 0.672. The van der Waals surface area contributed by atoms with Crippen molar-refractivity contribution in [3.05, 3.63) is 24.0 Å². The first-order valence-corrected chi connectivity index (χ1v) is 8.36. The minimum absolute atomic E-state index is 0.394. The predicted molar refractivity (Wildman–Crippen MR) is 92.6 cm³/mol. The van der Waals surface area contributed by atoms with Crippen molar-refractivity contribution in [3.8, 4) is 0 Å². The summed E-state index contributed by atoms with van der Waals surface area (Å²) in [6, 6.07) is 4.94. The number of nitrogens with one attached hydrogen (secondary N) is 2. The van der Waals surface area contributed by atoms with Crippen LogP contribution in [-0.2, 0) is 17.8 Å². The van der Waals surface area contributed by atoms with Gasteiger partial charge in [0.05, 0.1) is 17.6 Å². The maximum Gasteiger partial charge on any atom is 0.337 e. The lowest BCUT2D eigenvalue weighted by Crippen LogP contribution is -2.47. The van der Waals surface area contributed by atoms with Crippen LogP contribution in [0.2, 0.25) is 0 Å². The van der Waals surface area contributed by atoms with E-state index in [0.717, 1.165) is 49.6 Å². The van der Waals surface area contributed by atoms with Gasteiger partial charge in [0.15, 0.2) is 5.60 Å². The van der Waals surface area contributed by atoms with Gasteiger partial charge in [0.25, 0.3) is 0 Å². The summed E-state index contributed by atoms with van der Waals surface area (Å²) >= 11 is 0. The summed E-state index contributed by atoms with van der Waals surface area (Å²) in [5, 5.41) is 23.4. The molecule has 4 N–H and O–H groups in total. The predicted octanol–water partition coefficient (Wildman–Crippen LogP) is 1.72. The Labute approximate surface area is 144 Å². The van der Waals surface area contributed by atoms with Crippen LogP contribution in [0.1, 0.15) is 32.0 Å². The number of hydrogen-bond donors (Lipinski definition) is 4. The molecule has 1 aliphatic heterocycles. The second-order valence-corrected chi connectivity index (χ2v) is 6.58. The summed E-state index contributed by atoms with van der Waals surface area (Å²) in [5.41, 5.74) is 0.431. The second-order valence-electron chi connectivity index (χ2n) is 6.58. The van der Waals surface area contributed by atoms with E-state index in [1.807, 2.05) is 6.07 Å². The number of aromatic nitrogens is 2. The Kier molecular flexibility index (Phi) is 4.63. The fourth-order valence-electron chi connectivity index (χ4n) is 2.93. The van der Waals surface area contributed by atoms with Gasteiger partial charge >= 0.3 is 12.0 Å². The van der Waals surface area contributed by atoms with Crippen LogP contribution in [0.15, 0.2) is 18.2 Å². The molecule has 1 aliphatic rings. The monoisotopic (exact) mass is 346 g/mol. The van der Waals surface area contributed by atoms with Crippen molar-refractivity contribution in [2.24, 2.45) is 0 Å². The first-order valence-electron chi connectivity index (χ1n) is 8.36. The average molecular weight is 346 g/mol. The minimum Gasteiger partial charge on any atom is -0.479 e. The molecule has 3 rings (SSSR count). The van der Waals surface area contributed by atoms with E-state index in [-0.39, 0.29) is 0 Å². The number of urea groups is 1. The van der Waals surface area contributed by atoms with Gasteiger partial charge < -0.3 is 25.4 Å². The Morgan fingerprint density at radius 2 is 2.12 bits per heavy atom. The zero-order valence-corrected chi connectivity index (χ0v) is 14.1. The Balaban J connectivity index is 1.70. The average Bonchev–Trinajstić information content (AvgIpc) is 2.73. The third-order valence-corrected chi connectivity index (χ3v) is 4.42. The van der Waals surface area contributed by atoms with Gasteiger partial charge in [-0.25, -0.2) is 14.6 Å². The summed E-state index contributed by atoms with van der Waals surface area (Å²) in [7, 11) is 0. The van der Waals surface area contributed by atoms with E-state index in [2.05, 4.69) is 20.2 Å². The molecule has 134 valence electrons. The van der Waals surface area contributed by atoms with Crippen LogP contribution < -0.4 is 10.6 Å². The number of imidazole rings is 1. The number of aliphatic carboxylic acids is 1. The van der Waals surface area contributed by atoms with Crippen LogP contribution >= 0.6 is 0 Å². The highest BCUT2D eigenvalue weighted by Gasteiger charge is 2.30. The maximum atomic E-state index is 11.9. The SMILES string of the molecule is CC(O)(CNC(=O)Nc1ccc2c(c1)nc1n2CCCCC1)C(=O)O. The lowest BCUT2D eigenvalue weighted by Gasteiger charge is -2.18. The fourth-order valence-corrected chi connectivity index (χ4v) is 2.93. The van der Waals surface area contributed by atoms with Crippen LogP contribution in [-0.4, -0.2) is 43.9 Å². The van der Waals surface area contributed by atoms with Crippen LogP contribution in [0.5, 0.6) is 0 Å². The summed E-state index contributed by atoms with van der Waals surface area (Å²) in [5.74, 6) is -0.319. The molecule has 0 radical (unpaired) electrons. The van der Waals surface area contributed by atoms with Gasteiger partial charge in [-0.15, -0.1) is 0 Å². The van der Waals surface area contributed by atoms with Gasteiger partial charge in [0.2, 0.25) is 0 Å². The number of carboxylic acid groups (broad SMARTS) is 1. The molecule has 2 aromatic rings. The molecule has 0 saturated carbocycles. The van der Waals surface area contributed by atoms with E-state index in [4.69, 9.17) is 5.11 Å². The minimum atomic E-state index is -2.01. The van der Waals surface area contributed by atoms with Crippen molar-refractivity contribution in [1.29, 1.82) is 0 Å². The van der Waals surface area contributed by atoms with E-state index < -0.39 is 24.1 Å². The van der Waals surface area contributed by atoms with E-state index >= 15 is 0 Å².